The van der Waals surface area contributed by atoms with Crippen LogP contribution >= 0.6 is 11.3 Å². The number of hydrogen-bond acceptors (Lipinski definition) is 6. The molecule has 1 aromatic heterocycles. The first-order valence-electron chi connectivity index (χ1n) is 7.71. The molecule has 2 aromatic rings. The van der Waals surface area contributed by atoms with Crippen molar-refractivity contribution in [3.63, 3.8) is 0 Å². The van der Waals surface area contributed by atoms with Gasteiger partial charge in [-0.2, -0.15) is 0 Å². The van der Waals surface area contributed by atoms with Gasteiger partial charge in [-0.15, -0.1) is 11.3 Å². The van der Waals surface area contributed by atoms with Gasteiger partial charge < -0.3 is 19.5 Å². The Labute approximate surface area is 149 Å². The van der Waals surface area contributed by atoms with Crippen molar-refractivity contribution in [3.8, 4) is 11.5 Å². The maximum absolute atomic E-state index is 11.9. The van der Waals surface area contributed by atoms with Gasteiger partial charge in [0.05, 0.1) is 20.2 Å². The molecule has 1 unspecified atom stereocenters. The molecule has 1 atom stereocenters. The third-order valence-corrected chi connectivity index (χ3v) is 4.49. The number of hydrogen-bond donors (Lipinski definition) is 1. The van der Waals surface area contributed by atoms with Crippen molar-refractivity contribution in [2.75, 3.05) is 31.7 Å². The standard InChI is InChI=1S/C17H18N2O5S/c1-22-13-5-2-3-6-14(13)23-11-15(20)18-9-12-10-19(17(21)24-12)16-7-4-8-25-16/h2-8,12H,9-11H2,1H3,(H,18,20). The maximum atomic E-state index is 11.9. The van der Waals surface area contributed by atoms with Crippen LogP contribution in [-0.2, 0) is 9.53 Å². The summed E-state index contributed by atoms with van der Waals surface area (Å²) >= 11 is 1.47. The van der Waals surface area contributed by atoms with Crippen LogP contribution < -0.4 is 19.7 Å². The van der Waals surface area contributed by atoms with Crippen LogP contribution in [0.1, 0.15) is 0 Å². The smallest absolute Gasteiger partial charge is 0.415 e. The average molecular weight is 362 g/mol. The van der Waals surface area contributed by atoms with Crippen LogP contribution in [-0.4, -0.2) is 44.9 Å². The van der Waals surface area contributed by atoms with Crippen LogP contribution in [0.2, 0.25) is 0 Å². The van der Waals surface area contributed by atoms with Gasteiger partial charge in [-0.1, -0.05) is 12.1 Å². The zero-order valence-corrected chi connectivity index (χ0v) is 14.5. The lowest BCUT2D eigenvalue weighted by Crippen LogP contribution is -2.37. The molecule has 2 amide bonds. The molecular weight excluding hydrogens is 344 g/mol. The highest BCUT2D eigenvalue weighted by atomic mass is 32.1. The number of nitrogens with one attached hydrogen (secondary N) is 1. The minimum atomic E-state index is -0.396. The van der Waals surface area contributed by atoms with Crippen LogP contribution in [0, 0.1) is 0 Å². The molecule has 1 aromatic carbocycles. The Kier molecular flexibility index (Phi) is 5.39. The summed E-state index contributed by atoms with van der Waals surface area (Å²) in [5, 5.41) is 5.44. The van der Waals surface area contributed by atoms with Crippen molar-refractivity contribution in [3.05, 3.63) is 41.8 Å². The minimum Gasteiger partial charge on any atom is -0.493 e. The number of nitrogens with zero attached hydrogens (tertiary/aromatic N) is 1. The Bertz CT molecular complexity index is 734. The zero-order valence-electron chi connectivity index (χ0n) is 13.6. The summed E-state index contributed by atoms with van der Waals surface area (Å²) in [4.78, 5) is 25.4. The largest absolute Gasteiger partial charge is 0.493 e. The third-order valence-electron chi connectivity index (χ3n) is 3.60. The molecule has 25 heavy (non-hydrogen) atoms. The number of rotatable bonds is 7. The predicted octanol–water partition coefficient (Wildman–Crippen LogP) is 2.28. The van der Waals surface area contributed by atoms with E-state index >= 15 is 0 Å². The Morgan fingerprint density at radius 2 is 2.12 bits per heavy atom. The highest BCUT2D eigenvalue weighted by molar-refractivity contribution is 7.14. The van der Waals surface area contributed by atoms with Crippen molar-refractivity contribution in [1.29, 1.82) is 0 Å². The molecule has 1 fully saturated rings. The van der Waals surface area contributed by atoms with Crippen LogP contribution in [0.15, 0.2) is 41.8 Å². The Balaban J connectivity index is 1.44. The molecule has 1 saturated heterocycles. The van der Waals surface area contributed by atoms with E-state index in [1.165, 1.54) is 18.4 Å². The molecule has 0 bridgehead atoms. The second-order valence-corrected chi connectivity index (χ2v) is 6.24. The van der Waals surface area contributed by atoms with Gasteiger partial charge in [0.25, 0.3) is 5.91 Å². The molecule has 1 aliphatic heterocycles. The summed E-state index contributed by atoms with van der Waals surface area (Å²) < 4.78 is 15.9. The summed E-state index contributed by atoms with van der Waals surface area (Å²) in [6, 6.07) is 10.8. The van der Waals surface area contributed by atoms with E-state index in [4.69, 9.17) is 14.2 Å². The number of cyclic esters (lactones) is 1. The van der Waals surface area contributed by atoms with Crippen LogP contribution in [0.4, 0.5) is 9.80 Å². The lowest BCUT2D eigenvalue weighted by Gasteiger charge is -2.12. The van der Waals surface area contributed by atoms with E-state index in [9.17, 15) is 9.59 Å². The Hall–Kier alpha value is -2.74. The molecule has 132 valence electrons. The second-order valence-electron chi connectivity index (χ2n) is 5.31. The van der Waals surface area contributed by atoms with Gasteiger partial charge in [0.1, 0.15) is 11.1 Å². The van der Waals surface area contributed by atoms with Crippen molar-refractivity contribution < 1.29 is 23.8 Å². The fourth-order valence-electron chi connectivity index (χ4n) is 2.39. The van der Waals surface area contributed by atoms with Gasteiger partial charge in [0.15, 0.2) is 18.1 Å². The predicted molar refractivity (Wildman–Crippen MR) is 93.4 cm³/mol. The quantitative estimate of drug-likeness (QED) is 0.818. The fraction of sp³-hybridized carbons (Fsp3) is 0.294. The van der Waals surface area contributed by atoms with Crippen LogP contribution in [0.25, 0.3) is 0 Å². The van der Waals surface area contributed by atoms with Gasteiger partial charge in [0.2, 0.25) is 0 Å². The molecule has 0 spiro atoms. The van der Waals surface area contributed by atoms with Crippen molar-refractivity contribution in [2.24, 2.45) is 0 Å². The number of amides is 2. The van der Waals surface area contributed by atoms with Crippen molar-refractivity contribution >= 4 is 28.3 Å². The number of carbonyl (C=O) groups excluding carboxylic acids is 2. The van der Waals surface area contributed by atoms with E-state index in [-0.39, 0.29) is 25.2 Å². The molecule has 7 nitrogen and oxygen atoms in total. The molecule has 2 heterocycles. The number of ether oxygens (including phenoxy) is 3. The first kappa shape index (κ1) is 17.1. The number of thiophene rings is 1. The highest BCUT2D eigenvalue weighted by Gasteiger charge is 2.32. The van der Waals surface area contributed by atoms with E-state index in [1.54, 1.807) is 23.1 Å². The van der Waals surface area contributed by atoms with Gasteiger partial charge in [0, 0.05) is 0 Å². The number of methoxy groups -OCH3 is 1. The van der Waals surface area contributed by atoms with E-state index in [1.807, 2.05) is 23.6 Å². The monoisotopic (exact) mass is 362 g/mol. The van der Waals surface area contributed by atoms with E-state index < -0.39 is 6.09 Å². The van der Waals surface area contributed by atoms with E-state index in [2.05, 4.69) is 5.32 Å². The Morgan fingerprint density at radius 3 is 2.84 bits per heavy atom. The molecular formula is C17H18N2O5S. The molecule has 0 aliphatic carbocycles. The van der Waals surface area contributed by atoms with Crippen LogP contribution in [0.5, 0.6) is 11.5 Å². The third kappa shape index (κ3) is 4.21. The van der Waals surface area contributed by atoms with E-state index in [0.29, 0.717) is 18.0 Å². The SMILES string of the molecule is COc1ccccc1OCC(=O)NCC1CN(c2cccs2)C(=O)O1. The molecule has 0 radical (unpaired) electrons. The molecule has 1 N–H and O–H groups in total. The summed E-state index contributed by atoms with van der Waals surface area (Å²) in [6.07, 6.45) is -0.781. The van der Waals surface area contributed by atoms with Crippen molar-refractivity contribution in [2.45, 2.75) is 6.10 Å². The Morgan fingerprint density at radius 1 is 1.32 bits per heavy atom. The number of anilines is 1. The van der Waals surface area contributed by atoms with E-state index in [0.717, 1.165) is 5.00 Å². The first-order valence-corrected chi connectivity index (χ1v) is 8.59. The average Bonchev–Trinajstić information content (AvgIpc) is 3.27. The van der Waals surface area contributed by atoms with Gasteiger partial charge in [-0.25, -0.2) is 4.79 Å². The van der Waals surface area contributed by atoms with Crippen LogP contribution in [0.3, 0.4) is 0 Å². The summed E-state index contributed by atoms with van der Waals surface area (Å²) in [5.41, 5.74) is 0. The molecule has 8 heteroatoms. The lowest BCUT2D eigenvalue weighted by atomic mass is 10.3. The van der Waals surface area contributed by atoms with Gasteiger partial charge in [-0.05, 0) is 29.6 Å². The first-order chi connectivity index (χ1) is 12.2. The number of benzene rings is 1. The normalized spacial score (nSPS) is 16.4. The number of para-hydroxylation sites is 2. The van der Waals surface area contributed by atoms with Crippen molar-refractivity contribution in [1.82, 2.24) is 5.32 Å². The van der Waals surface area contributed by atoms with Gasteiger partial charge >= 0.3 is 6.09 Å². The highest BCUT2D eigenvalue weighted by Crippen LogP contribution is 2.26. The topological polar surface area (TPSA) is 77.1 Å². The second kappa shape index (κ2) is 7.89. The minimum absolute atomic E-state index is 0.143. The van der Waals surface area contributed by atoms with Gasteiger partial charge in [-0.3, -0.25) is 9.69 Å². The maximum Gasteiger partial charge on any atom is 0.415 e. The number of carbonyl (C=O) groups is 2. The molecule has 0 saturated carbocycles. The molecule has 3 rings (SSSR count). The molecule has 1 aliphatic rings. The lowest BCUT2D eigenvalue weighted by molar-refractivity contribution is -0.123. The zero-order chi connectivity index (χ0) is 17.6. The summed E-state index contributed by atoms with van der Waals surface area (Å²) in [5.74, 6) is 0.763. The summed E-state index contributed by atoms with van der Waals surface area (Å²) in [6.45, 7) is 0.504. The fourth-order valence-corrected chi connectivity index (χ4v) is 3.12. The summed E-state index contributed by atoms with van der Waals surface area (Å²) in [7, 11) is 1.54.